The molecule has 5 rings (SSSR count). The Balaban J connectivity index is 1.49. The van der Waals surface area contributed by atoms with Crippen molar-refractivity contribution in [1.29, 1.82) is 0 Å². The second-order valence-electron chi connectivity index (χ2n) is 9.23. The van der Waals surface area contributed by atoms with Crippen molar-refractivity contribution >= 4 is 11.6 Å². The molecule has 38 heavy (non-hydrogen) atoms. The summed E-state index contributed by atoms with van der Waals surface area (Å²) in [5, 5.41) is 3.55. The fourth-order valence-electron chi connectivity index (χ4n) is 4.71. The molecular weight excluding hydrogens is 476 g/mol. The second kappa shape index (κ2) is 12.2. The minimum absolute atomic E-state index is 0.113. The molecule has 1 heterocycles. The third-order valence-corrected chi connectivity index (χ3v) is 6.73. The molecular formula is C32H32N2O4. The lowest BCUT2D eigenvalue weighted by Crippen LogP contribution is -2.46. The Morgan fingerprint density at radius 1 is 0.868 bits per heavy atom. The first-order valence-electron chi connectivity index (χ1n) is 12.8. The minimum atomic E-state index is -0.217. The summed E-state index contributed by atoms with van der Waals surface area (Å²) in [4.78, 5) is 15.7. The van der Waals surface area contributed by atoms with Crippen molar-refractivity contribution in [1.82, 2.24) is 4.90 Å². The molecule has 1 amide bonds. The Morgan fingerprint density at radius 2 is 1.55 bits per heavy atom. The fraction of sp³-hybridized carbons (Fsp3) is 0.219. The first-order chi connectivity index (χ1) is 18.7. The number of para-hydroxylation sites is 4. The van der Waals surface area contributed by atoms with Gasteiger partial charge in [-0.3, -0.25) is 4.79 Å². The standard InChI is InChI=1S/C32H32N2O4/c1-36-30-17-9-10-18-31(30)38-23-32(35)34-21-26-14-5-7-15-28(26)33-20-25-13-6-8-16-29(25)37-22-27(34)19-24-11-3-2-4-12-24/h2-18,27,33H,19-23H2,1H3/t27-/m0/s1. The van der Waals surface area contributed by atoms with Crippen LogP contribution in [-0.2, 0) is 24.3 Å². The smallest absolute Gasteiger partial charge is 0.261 e. The first-order valence-corrected chi connectivity index (χ1v) is 12.8. The maximum absolute atomic E-state index is 13.9. The van der Waals surface area contributed by atoms with Crippen LogP contribution in [0.25, 0.3) is 0 Å². The van der Waals surface area contributed by atoms with Crippen LogP contribution in [0.15, 0.2) is 103 Å². The number of hydrogen-bond acceptors (Lipinski definition) is 5. The van der Waals surface area contributed by atoms with Crippen LogP contribution in [0, 0.1) is 0 Å². The maximum atomic E-state index is 13.9. The quantitative estimate of drug-likeness (QED) is 0.361. The summed E-state index contributed by atoms with van der Waals surface area (Å²) in [5.74, 6) is 1.82. The topological polar surface area (TPSA) is 60.0 Å². The molecule has 0 saturated heterocycles. The highest BCUT2D eigenvalue weighted by molar-refractivity contribution is 5.78. The maximum Gasteiger partial charge on any atom is 0.261 e. The number of nitrogens with zero attached hydrogens (tertiary/aromatic N) is 1. The van der Waals surface area contributed by atoms with Crippen molar-refractivity contribution < 1.29 is 19.0 Å². The van der Waals surface area contributed by atoms with Gasteiger partial charge in [0.15, 0.2) is 18.1 Å². The number of rotatable bonds is 6. The van der Waals surface area contributed by atoms with E-state index in [9.17, 15) is 4.79 Å². The van der Waals surface area contributed by atoms with E-state index >= 15 is 0 Å². The van der Waals surface area contributed by atoms with Crippen molar-refractivity contribution in [2.45, 2.75) is 25.6 Å². The van der Waals surface area contributed by atoms with E-state index in [-0.39, 0.29) is 18.6 Å². The van der Waals surface area contributed by atoms with Crippen molar-refractivity contribution in [3.8, 4) is 17.2 Å². The van der Waals surface area contributed by atoms with E-state index in [1.54, 1.807) is 13.2 Å². The largest absolute Gasteiger partial charge is 0.493 e. The van der Waals surface area contributed by atoms with E-state index in [0.717, 1.165) is 28.1 Å². The van der Waals surface area contributed by atoms with Crippen molar-refractivity contribution in [3.05, 3.63) is 120 Å². The number of fused-ring (bicyclic) bond motifs is 2. The molecule has 6 nitrogen and oxygen atoms in total. The monoisotopic (exact) mass is 508 g/mol. The van der Waals surface area contributed by atoms with Crippen LogP contribution in [0.1, 0.15) is 16.7 Å². The molecule has 1 N–H and O–H groups in total. The number of ether oxygens (including phenoxy) is 3. The summed E-state index contributed by atoms with van der Waals surface area (Å²) in [6.07, 6.45) is 0.652. The second-order valence-corrected chi connectivity index (χ2v) is 9.23. The van der Waals surface area contributed by atoms with Gasteiger partial charge in [0, 0.05) is 24.3 Å². The summed E-state index contributed by atoms with van der Waals surface area (Å²) in [6, 6.07) is 33.5. The van der Waals surface area contributed by atoms with Crippen molar-refractivity contribution in [2.75, 3.05) is 25.6 Å². The van der Waals surface area contributed by atoms with Crippen LogP contribution in [0.2, 0.25) is 0 Å². The number of amides is 1. The molecule has 0 unspecified atom stereocenters. The lowest BCUT2D eigenvalue weighted by Gasteiger charge is -2.32. The molecule has 4 aromatic rings. The molecule has 0 aliphatic carbocycles. The Bertz CT molecular complexity index is 1360. The normalized spacial score (nSPS) is 15.1. The van der Waals surface area contributed by atoms with Gasteiger partial charge in [-0.15, -0.1) is 0 Å². The molecule has 0 bridgehead atoms. The molecule has 1 aliphatic rings. The van der Waals surface area contributed by atoms with Crippen LogP contribution in [-0.4, -0.2) is 37.2 Å². The Morgan fingerprint density at radius 3 is 2.37 bits per heavy atom. The molecule has 194 valence electrons. The molecule has 4 aromatic carbocycles. The summed E-state index contributed by atoms with van der Waals surface area (Å²) < 4.78 is 17.8. The molecule has 0 aromatic heterocycles. The third kappa shape index (κ3) is 6.09. The average molecular weight is 509 g/mol. The molecule has 0 saturated carbocycles. The van der Waals surface area contributed by atoms with Crippen LogP contribution < -0.4 is 19.5 Å². The zero-order valence-corrected chi connectivity index (χ0v) is 21.5. The van der Waals surface area contributed by atoms with E-state index in [1.807, 2.05) is 71.6 Å². The highest BCUT2D eigenvalue weighted by Gasteiger charge is 2.27. The molecule has 1 aliphatic heterocycles. The van der Waals surface area contributed by atoms with Gasteiger partial charge in [-0.2, -0.15) is 0 Å². The van der Waals surface area contributed by atoms with Gasteiger partial charge < -0.3 is 24.4 Å². The van der Waals surface area contributed by atoms with Crippen molar-refractivity contribution in [3.63, 3.8) is 0 Å². The predicted octanol–water partition coefficient (Wildman–Crippen LogP) is 5.72. The van der Waals surface area contributed by atoms with E-state index in [0.29, 0.717) is 37.6 Å². The number of benzene rings is 4. The Kier molecular flexibility index (Phi) is 8.09. The SMILES string of the molecule is COc1ccccc1OCC(=O)N1Cc2ccccc2NCc2ccccc2OC[C@@H]1Cc1ccccc1. The highest BCUT2D eigenvalue weighted by atomic mass is 16.5. The number of carbonyl (C=O) groups is 1. The van der Waals surface area contributed by atoms with Gasteiger partial charge in [0.2, 0.25) is 0 Å². The van der Waals surface area contributed by atoms with E-state index in [4.69, 9.17) is 14.2 Å². The number of hydrogen-bond donors (Lipinski definition) is 1. The summed E-state index contributed by atoms with van der Waals surface area (Å²) in [7, 11) is 1.59. The van der Waals surface area contributed by atoms with Gasteiger partial charge in [-0.25, -0.2) is 0 Å². The predicted molar refractivity (Wildman–Crippen MR) is 149 cm³/mol. The molecule has 0 radical (unpaired) electrons. The fourth-order valence-corrected chi connectivity index (χ4v) is 4.71. The molecule has 6 heteroatoms. The summed E-state index contributed by atoms with van der Waals surface area (Å²) >= 11 is 0. The van der Waals surface area contributed by atoms with Gasteiger partial charge >= 0.3 is 0 Å². The van der Waals surface area contributed by atoms with Gasteiger partial charge in [0.1, 0.15) is 12.4 Å². The molecule has 1 atom stereocenters. The van der Waals surface area contributed by atoms with Crippen LogP contribution in [0.3, 0.4) is 0 Å². The number of methoxy groups -OCH3 is 1. The van der Waals surface area contributed by atoms with Gasteiger partial charge in [-0.1, -0.05) is 78.9 Å². The number of carbonyl (C=O) groups excluding carboxylic acids is 1. The van der Waals surface area contributed by atoms with Gasteiger partial charge in [0.25, 0.3) is 5.91 Å². The van der Waals surface area contributed by atoms with E-state index in [2.05, 4.69) is 35.6 Å². The summed E-state index contributed by atoms with van der Waals surface area (Å²) in [5.41, 5.74) is 4.24. The Hall–Kier alpha value is -4.45. The number of nitrogens with one attached hydrogen (secondary N) is 1. The summed E-state index contributed by atoms with van der Waals surface area (Å²) in [6.45, 7) is 1.29. The van der Waals surface area contributed by atoms with E-state index < -0.39 is 0 Å². The van der Waals surface area contributed by atoms with Crippen molar-refractivity contribution in [2.24, 2.45) is 0 Å². The molecule has 0 fully saturated rings. The lowest BCUT2D eigenvalue weighted by molar-refractivity contribution is -0.137. The molecule has 0 spiro atoms. The zero-order valence-electron chi connectivity index (χ0n) is 21.5. The van der Waals surface area contributed by atoms with Crippen LogP contribution >= 0.6 is 0 Å². The van der Waals surface area contributed by atoms with Crippen LogP contribution in [0.5, 0.6) is 17.2 Å². The van der Waals surface area contributed by atoms with Crippen LogP contribution in [0.4, 0.5) is 5.69 Å². The van der Waals surface area contributed by atoms with E-state index in [1.165, 1.54) is 0 Å². The Labute approximate surface area is 223 Å². The van der Waals surface area contributed by atoms with Gasteiger partial charge in [-0.05, 0) is 41.8 Å². The first kappa shape index (κ1) is 25.2. The zero-order chi connectivity index (χ0) is 26.2. The van der Waals surface area contributed by atoms with Gasteiger partial charge in [0.05, 0.1) is 13.2 Å². The third-order valence-electron chi connectivity index (χ3n) is 6.73. The lowest BCUT2D eigenvalue weighted by atomic mass is 10.0. The average Bonchev–Trinajstić information content (AvgIpc) is 3.00. The number of anilines is 1. The minimum Gasteiger partial charge on any atom is -0.493 e. The highest BCUT2D eigenvalue weighted by Crippen LogP contribution is 2.28.